The van der Waals surface area contributed by atoms with Crippen LogP contribution in [0.2, 0.25) is 0 Å². The molecular weight excluding hydrogens is 302 g/mol. The fourth-order valence-electron chi connectivity index (χ4n) is 3.08. The SMILES string of the molecule is C[C@H](C(=O)NC(=O)NC1CCCC1)N(C)CCCc1ccccc1. The third-order valence-electron chi connectivity index (χ3n) is 4.79. The van der Waals surface area contributed by atoms with E-state index < -0.39 is 0 Å². The number of likely N-dealkylation sites (N-methyl/N-ethyl adjacent to an activating group) is 1. The van der Waals surface area contributed by atoms with E-state index in [1.165, 1.54) is 5.56 Å². The van der Waals surface area contributed by atoms with Crippen molar-refractivity contribution in [1.82, 2.24) is 15.5 Å². The number of urea groups is 1. The summed E-state index contributed by atoms with van der Waals surface area (Å²) >= 11 is 0. The van der Waals surface area contributed by atoms with Crippen LogP contribution in [-0.4, -0.2) is 42.5 Å². The van der Waals surface area contributed by atoms with Crippen molar-refractivity contribution < 1.29 is 9.59 Å². The maximum absolute atomic E-state index is 12.2. The second-order valence-corrected chi connectivity index (χ2v) is 6.69. The largest absolute Gasteiger partial charge is 0.335 e. The Morgan fingerprint density at radius 2 is 1.88 bits per heavy atom. The van der Waals surface area contributed by atoms with Crippen molar-refractivity contribution in [3.05, 3.63) is 35.9 Å². The predicted molar refractivity (Wildman–Crippen MR) is 95.8 cm³/mol. The van der Waals surface area contributed by atoms with Gasteiger partial charge in [0, 0.05) is 6.04 Å². The number of carbonyl (C=O) groups excluding carboxylic acids is 2. The molecule has 1 aromatic carbocycles. The lowest BCUT2D eigenvalue weighted by Gasteiger charge is -2.24. The van der Waals surface area contributed by atoms with E-state index in [0.717, 1.165) is 45.1 Å². The van der Waals surface area contributed by atoms with Gasteiger partial charge in [0.2, 0.25) is 5.91 Å². The number of carbonyl (C=O) groups is 2. The average Bonchev–Trinajstić information content (AvgIpc) is 3.07. The van der Waals surface area contributed by atoms with Crippen molar-refractivity contribution in [2.24, 2.45) is 0 Å². The summed E-state index contributed by atoms with van der Waals surface area (Å²) in [6, 6.07) is 9.85. The van der Waals surface area contributed by atoms with E-state index in [2.05, 4.69) is 22.8 Å². The van der Waals surface area contributed by atoms with Gasteiger partial charge in [0.15, 0.2) is 0 Å². The van der Waals surface area contributed by atoms with Crippen LogP contribution in [0.1, 0.15) is 44.6 Å². The third-order valence-corrected chi connectivity index (χ3v) is 4.79. The van der Waals surface area contributed by atoms with Crippen LogP contribution in [0.3, 0.4) is 0 Å². The van der Waals surface area contributed by atoms with Gasteiger partial charge in [-0.05, 0) is 51.8 Å². The zero-order chi connectivity index (χ0) is 17.4. The minimum atomic E-state index is -0.364. The molecule has 0 saturated heterocycles. The van der Waals surface area contributed by atoms with Crippen LogP contribution in [0, 0.1) is 0 Å². The molecule has 1 aliphatic rings. The van der Waals surface area contributed by atoms with Crippen molar-refractivity contribution in [3.8, 4) is 0 Å². The number of nitrogens with zero attached hydrogens (tertiary/aromatic N) is 1. The van der Waals surface area contributed by atoms with Gasteiger partial charge in [0.05, 0.1) is 6.04 Å². The molecule has 0 spiro atoms. The quantitative estimate of drug-likeness (QED) is 0.807. The highest BCUT2D eigenvalue weighted by molar-refractivity contribution is 5.96. The molecule has 1 aliphatic carbocycles. The summed E-state index contributed by atoms with van der Waals surface area (Å²) < 4.78 is 0. The molecule has 3 amide bonds. The summed E-state index contributed by atoms with van der Waals surface area (Å²) in [5.74, 6) is -0.243. The molecule has 0 bridgehead atoms. The first-order valence-electron chi connectivity index (χ1n) is 8.92. The van der Waals surface area contributed by atoms with Crippen LogP contribution in [0.4, 0.5) is 4.79 Å². The average molecular weight is 331 g/mol. The molecule has 24 heavy (non-hydrogen) atoms. The van der Waals surface area contributed by atoms with Gasteiger partial charge in [0.25, 0.3) is 0 Å². The van der Waals surface area contributed by atoms with Crippen LogP contribution in [0.25, 0.3) is 0 Å². The normalized spacial score (nSPS) is 16.1. The first-order valence-corrected chi connectivity index (χ1v) is 8.92. The highest BCUT2D eigenvalue weighted by Gasteiger charge is 2.22. The maximum atomic E-state index is 12.2. The van der Waals surface area contributed by atoms with Gasteiger partial charge in [-0.15, -0.1) is 0 Å². The molecule has 1 aromatic rings. The lowest BCUT2D eigenvalue weighted by atomic mass is 10.1. The zero-order valence-electron chi connectivity index (χ0n) is 14.8. The molecule has 2 rings (SSSR count). The lowest BCUT2D eigenvalue weighted by Crippen LogP contribution is -2.50. The van der Waals surface area contributed by atoms with Crippen molar-refractivity contribution >= 4 is 11.9 Å². The van der Waals surface area contributed by atoms with Gasteiger partial charge in [-0.25, -0.2) is 4.79 Å². The maximum Gasteiger partial charge on any atom is 0.321 e. The number of nitrogens with one attached hydrogen (secondary N) is 2. The number of hydrogen-bond donors (Lipinski definition) is 2. The molecule has 2 N–H and O–H groups in total. The van der Waals surface area contributed by atoms with Gasteiger partial charge in [-0.3, -0.25) is 15.0 Å². The van der Waals surface area contributed by atoms with Gasteiger partial charge in [-0.2, -0.15) is 0 Å². The molecule has 0 aliphatic heterocycles. The number of rotatable bonds is 7. The van der Waals surface area contributed by atoms with E-state index in [1.54, 1.807) is 0 Å². The Bertz CT molecular complexity index is 527. The Morgan fingerprint density at radius 1 is 1.21 bits per heavy atom. The van der Waals surface area contributed by atoms with E-state index in [0.29, 0.717) is 0 Å². The summed E-state index contributed by atoms with van der Waals surface area (Å²) in [4.78, 5) is 26.0. The van der Waals surface area contributed by atoms with Crippen LogP contribution in [0.15, 0.2) is 30.3 Å². The first kappa shape index (κ1) is 18.5. The van der Waals surface area contributed by atoms with Gasteiger partial charge in [-0.1, -0.05) is 43.2 Å². The summed E-state index contributed by atoms with van der Waals surface area (Å²) in [5.41, 5.74) is 1.30. The van der Waals surface area contributed by atoms with Crippen LogP contribution in [0.5, 0.6) is 0 Å². The molecule has 132 valence electrons. The van der Waals surface area contributed by atoms with Crippen molar-refractivity contribution in [2.45, 2.75) is 57.5 Å². The minimum Gasteiger partial charge on any atom is -0.335 e. The molecule has 0 aromatic heterocycles. The first-order chi connectivity index (χ1) is 11.6. The van der Waals surface area contributed by atoms with Crippen LogP contribution >= 0.6 is 0 Å². The Labute approximate surface area is 144 Å². The third kappa shape index (κ3) is 5.96. The fraction of sp³-hybridized carbons (Fsp3) is 0.579. The summed E-state index contributed by atoms with van der Waals surface area (Å²) in [6.07, 6.45) is 6.29. The Morgan fingerprint density at radius 3 is 2.54 bits per heavy atom. The van der Waals surface area contributed by atoms with Gasteiger partial charge in [0.1, 0.15) is 0 Å². The van der Waals surface area contributed by atoms with Crippen LogP contribution < -0.4 is 10.6 Å². The number of benzene rings is 1. The Kier molecular flexibility index (Phi) is 7.25. The fourth-order valence-corrected chi connectivity index (χ4v) is 3.08. The van der Waals surface area contributed by atoms with E-state index in [4.69, 9.17) is 0 Å². The molecule has 5 heteroatoms. The molecule has 5 nitrogen and oxygen atoms in total. The number of imide groups is 1. The van der Waals surface area contributed by atoms with E-state index in [1.807, 2.05) is 37.1 Å². The summed E-state index contributed by atoms with van der Waals surface area (Å²) in [6.45, 7) is 2.65. The molecule has 1 fully saturated rings. The second-order valence-electron chi connectivity index (χ2n) is 6.69. The van der Waals surface area contributed by atoms with Crippen molar-refractivity contribution in [3.63, 3.8) is 0 Å². The number of amides is 3. The van der Waals surface area contributed by atoms with Crippen molar-refractivity contribution in [2.75, 3.05) is 13.6 Å². The number of hydrogen-bond acceptors (Lipinski definition) is 3. The molecule has 0 heterocycles. The van der Waals surface area contributed by atoms with Crippen molar-refractivity contribution in [1.29, 1.82) is 0 Å². The highest BCUT2D eigenvalue weighted by atomic mass is 16.2. The smallest absolute Gasteiger partial charge is 0.321 e. The number of aryl methyl sites for hydroxylation is 1. The Hall–Kier alpha value is -1.88. The summed E-state index contributed by atoms with van der Waals surface area (Å²) in [7, 11) is 1.92. The monoisotopic (exact) mass is 331 g/mol. The molecule has 1 saturated carbocycles. The minimum absolute atomic E-state index is 0.219. The lowest BCUT2D eigenvalue weighted by molar-refractivity contribution is -0.124. The van der Waals surface area contributed by atoms with Gasteiger partial charge < -0.3 is 5.32 Å². The van der Waals surface area contributed by atoms with E-state index in [9.17, 15) is 9.59 Å². The van der Waals surface area contributed by atoms with Crippen LogP contribution in [-0.2, 0) is 11.2 Å². The van der Waals surface area contributed by atoms with E-state index >= 15 is 0 Å². The van der Waals surface area contributed by atoms with Gasteiger partial charge >= 0.3 is 6.03 Å². The zero-order valence-corrected chi connectivity index (χ0v) is 14.8. The highest BCUT2D eigenvalue weighted by Crippen LogP contribution is 2.17. The standard InChI is InChI=1S/C19H29N3O2/c1-15(18(23)21-19(24)20-17-12-6-7-13-17)22(2)14-8-11-16-9-4-3-5-10-16/h3-5,9-10,15,17H,6-8,11-14H2,1-2H3,(H2,20,21,23,24)/t15-/m1/s1. The van der Waals surface area contributed by atoms with E-state index in [-0.39, 0.29) is 24.0 Å². The molecular formula is C19H29N3O2. The molecule has 1 atom stereocenters. The predicted octanol–water partition coefficient (Wildman–Crippen LogP) is 2.71. The molecule has 0 radical (unpaired) electrons. The Balaban J connectivity index is 1.67. The molecule has 0 unspecified atom stereocenters. The summed E-state index contributed by atoms with van der Waals surface area (Å²) in [5, 5.41) is 5.34. The second kappa shape index (κ2) is 9.42. The topological polar surface area (TPSA) is 61.4 Å².